The van der Waals surface area contributed by atoms with Crippen LogP contribution in [0.15, 0.2) is 18.2 Å². The van der Waals surface area contributed by atoms with Crippen molar-refractivity contribution in [3.8, 4) is 0 Å². The molecule has 0 saturated heterocycles. The zero-order chi connectivity index (χ0) is 14.5. The van der Waals surface area contributed by atoms with Crippen LogP contribution in [-0.4, -0.2) is 24.8 Å². The van der Waals surface area contributed by atoms with Crippen LogP contribution in [0.1, 0.15) is 19.4 Å². The Morgan fingerprint density at radius 3 is 2.21 bits per heavy atom. The Morgan fingerprint density at radius 1 is 1.21 bits per heavy atom. The maximum atomic E-state index is 7.72. The third-order valence-electron chi connectivity index (χ3n) is 2.59. The quantitative estimate of drug-likeness (QED) is 0.461. The molecule has 1 aromatic carbocycles. The van der Waals surface area contributed by atoms with Crippen molar-refractivity contribution >= 4 is 29.0 Å². The second-order valence-electron chi connectivity index (χ2n) is 3.96. The molecule has 4 nitrogen and oxygen atoms in total. The van der Waals surface area contributed by atoms with E-state index in [0.29, 0.717) is 29.7 Å². The average Bonchev–Trinajstić information content (AvgIpc) is 2.34. The lowest BCUT2D eigenvalue weighted by molar-refractivity contribution is -0.184. The van der Waals surface area contributed by atoms with E-state index in [1.165, 1.54) is 0 Å². The maximum absolute atomic E-state index is 7.72. The van der Waals surface area contributed by atoms with Crippen LogP contribution in [0.3, 0.4) is 0 Å². The molecule has 3 N–H and O–H groups in total. The van der Waals surface area contributed by atoms with Crippen molar-refractivity contribution in [1.29, 1.82) is 5.41 Å². The van der Waals surface area contributed by atoms with Crippen molar-refractivity contribution in [3.63, 3.8) is 0 Å². The van der Waals surface area contributed by atoms with Gasteiger partial charge in [0.25, 0.3) is 0 Å². The summed E-state index contributed by atoms with van der Waals surface area (Å²) in [5, 5.41) is 8.65. The second-order valence-corrected chi connectivity index (χ2v) is 4.77. The number of hydrogen-bond donors (Lipinski definition) is 2. The van der Waals surface area contributed by atoms with E-state index in [0.717, 1.165) is 5.56 Å². The van der Waals surface area contributed by atoms with E-state index in [2.05, 4.69) is 0 Å². The highest BCUT2D eigenvalue weighted by Crippen LogP contribution is 2.26. The van der Waals surface area contributed by atoms with E-state index in [-0.39, 0.29) is 5.84 Å². The van der Waals surface area contributed by atoms with Gasteiger partial charge in [0, 0.05) is 19.6 Å². The van der Waals surface area contributed by atoms with Gasteiger partial charge < -0.3 is 15.2 Å². The fraction of sp³-hybridized carbons (Fsp3) is 0.462. The molecule has 0 aromatic heterocycles. The number of nitrogens with two attached hydrogens (primary N) is 1. The fourth-order valence-corrected chi connectivity index (χ4v) is 2.10. The number of benzene rings is 1. The molecule has 6 heteroatoms. The van der Waals surface area contributed by atoms with Gasteiger partial charge in [0.05, 0.1) is 10.0 Å². The van der Waals surface area contributed by atoms with Gasteiger partial charge in [-0.1, -0.05) is 29.3 Å². The normalized spacial score (nSPS) is 11.6. The lowest BCUT2D eigenvalue weighted by atomic mass is 10.0. The predicted octanol–water partition coefficient (Wildman–Crippen LogP) is 3.24. The number of amidine groups is 1. The molecule has 0 radical (unpaired) electrons. The van der Waals surface area contributed by atoms with E-state index >= 15 is 0 Å². The third kappa shape index (κ3) is 4.08. The van der Waals surface area contributed by atoms with E-state index in [9.17, 15) is 0 Å². The van der Waals surface area contributed by atoms with Crippen LogP contribution < -0.4 is 5.73 Å². The molecular formula is C13H18Cl2N2O2. The average molecular weight is 305 g/mol. The Labute approximate surface area is 123 Å². The van der Waals surface area contributed by atoms with Gasteiger partial charge in [-0.05, 0) is 31.5 Å². The highest BCUT2D eigenvalue weighted by atomic mass is 35.5. The van der Waals surface area contributed by atoms with Crippen LogP contribution in [-0.2, 0) is 15.9 Å². The standard InChI is InChI=1S/C13H18Cl2N2O2/c1-3-18-13(12(16)17,19-4-2)8-9-5-6-10(14)11(15)7-9/h5-7H,3-4,8H2,1-2H3,(H3,16,17). The van der Waals surface area contributed by atoms with E-state index in [1.54, 1.807) is 12.1 Å². The van der Waals surface area contributed by atoms with Gasteiger partial charge in [-0.25, -0.2) is 0 Å². The highest BCUT2D eigenvalue weighted by Gasteiger charge is 2.35. The maximum Gasteiger partial charge on any atom is 0.231 e. The lowest BCUT2D eigenvalue weighted by Crippen LogP contribution is -2.50. The summed E-state index contributed by atoms with van der Waals surface area (Å²) in [7, 11) is 0. The molecular weight excluding hydrogens is 287 g/mol. The molecule has 1 aromatic rings. The predicted molar refractivity (Wildman–Crippen MR) is 78.1 cm³/mol. The summed E-state index contributed by atoms with van der Waals surface area (Å²) in [4.78, 5) is 0. The number of nitrogens with one attached hydrogen (secondary N) is 1. The van der Waals surface area contributed by atoms with E-state index in [1.807, 2.05) is 19.9 Å². The molecule has 19 heavy (non-hydrogen) atoms. The van der Waals surface area contributed by atoms with Gasteiger partial charge in [-0.2, -0.15) is 0 Å². The fourth-order valence-electron chi connectivity index (χ4n) is 1.78. The molecule has 0 spiro atoms. The summed E-state index contributed by atoms with van der Waals surface area (Å²) in [6.07, 6.45) is 0.306. The van der Waals surface area contributed by atoms with Crippen molar-refractivity contribution in [2.24, 2.45) is 5.73 Å². The van der Waals surface area contributed by atoms with Crippen LogP contribution in [0.5, 0.6) is 0 Å². The van der Waals surface area contributed by atoms with Crippen LogP contribution in [0, 0.1) is 5.41 Å². The minimum absolute atomic E-state index is 0.165. The zero-order valence-electron chi connectivity index (χ0n) is 11.0. The Kier molecular flexibility index (Phi) is 6.07. The number of rotatable bonds is 7. The first kappa shape index (κ1) is 16.2. The third-order valence-corrected chi connectivity index (χ3v) is 3.33. The molecule has 0 amide bonds. The Bertz CT molecular complexity index is 446. The summed E-state index contributed by atoms with van der Waals surface area (Å²) in [5.74, 6) is -1.41. The molecule has 0 heterocycles. The molecule has 0 saturated carbocycles. The minimum Gasteiger partial charge on any atom is -0.383 e. The Morgan fingerprint density at radius 2 is 1.79 bits per heavy atom. The van der Waals surface area contributed by atoms with Crippen molar-refractivity contribution in [3.05, 3.63) is 33.8 Å². The monoisotopic (exact) mass is 304 g/mol. The summed E-state index contributed by atoms with van der Waals surface area (Å²) in [6, 6.07) is 5.23. The van der Waals surface area contributed by atoms with Crippen LogP contribution in [0.4, 0.5) is 0 Å². The molecule has 0 fully saturated rings. The highest BCUT2D eigenvalue weighted by molar-refractivity contribution is 6.42. The van der Waals surface area contributed by atoms with Crippen LogP contribution in [0.25, 0.3) is 0 Å². The summed E-state index contributed by atoms with van der Waals surface area (Å²) in [5.41, 5.74) is 6.47. The number of ether oxygens (including phenoxy) is 2. The summed E-state index contributed by atoms with van der Waals surface area (Å²) in [6.45, 7) is 4.43. The van der Waals surface area contributed by atoms with Crippen molar-refractivity contribution in [1.82, 2.24) is 0 Å². The van der Waals surface area contributed by atoms with Gasteiger partial charge in [0.2, 0.25) is 5.79 Å². The van der Waals surface area contributed by atoms with Crippen LogP contribution >= 0.6 is 23.2 Å². The SMILES string of the molecule is CCOC(Cc1ccc(Cl)c(Cl)c1)(OCC)C(=N)N. The molecule has 0 unspecified atom stereocenters. The Hall–Kier alpha value is -0.810. The lowest BCUT2D eigenvalue weighted by Gasteiger charge is -2.32. The van der Waals surface area contributed by atoms with Gasteiger partial charge in [0.15, 0.2) is 5.84 Å². The summed E-state index contributed by atoms with van der Waals surface area (Å²) >= 11 is 11.9. The van der Waals surface area contributed by atoms with Crippen molar-refractivity contribution in [2.45, 2.75) is 26.1 Å². The van der Waals surface area contributed by atoms with Gasteiger partial charge in [0.1, 0.15) is 0 Å². The van der Waals surface area contributed by atoms with Gasteiger partial charge in [-0.3, -0.25) is 5.41 Å². The molecule has 0 aliphatic carbocycles. The van der Waals surface area contributed by atoms with Gasteiger partial charge >= 0.3 is 0 Å². The van der Waals surface area contributed by atoms with Crippen molar-refractivity contribution < 1.29 is 9.47 Å². The van der Waals surface area contributed by atoms with E-state index in [4.69, 9.17) is 43.8 Å². The number of hydrogen-bond acceptors (Lipinski definition) is 3. The molecule has 0 aliphatic rings. The van der Waals surface area contributed by atoms with Crippen LogP contribution in [0.2, 0.25) is 10.0 Å². The number of halogens is 2. The second kappa shape index (κ2) is 7.10. The Balaban J connectivity index is 3.04. The van der Waals surface area contributed by atoms with Crippen molar-refractivity contribution in [2.75, 3.05) is 13.2 Å². The molecule has 0 atom stereocenters. The molecule has 0 bridgehead atoms. The smallest absolute Gasteiger partial charge is 0.231 e. The molecule has 1 rings (SSSR count). The molecule has 0 aliphatic heterocycles. The first-order valence-electron chi connectivity index (χ1n) is 6.01. The molecule has 106 valence electrons. The zero-order valence-corrected chi connectivity index (χ0v) is 12.5. The van der Waals surface area contributed by atoms with E-state index < -0.39 is 5.79 Å². The minimum atomic E-state index is -1.25. The first-order chi connectivity index (χ1) is 8.95. The van der Waals surface area contributed by atoms with Gasteiger partial charge in [-0.15, -0.1) is 0 Å². The summed E-state index contributed by atoms with van der Waals surface area (Å²) < 4.78 is 11.1. The largest absolute Gasteiger partial charge is 0.383 e. The first-order valence-corrected chi connectivity index (χ1v) is 6.77. The topological polar surface area (TPSA) is 68.3 Å².